The van der Waals surface area contributed by atoms with Gasteiger partial charge in [-0.2, -0.15) is 0 Å². The maximum Gasteiger partial charge on any atom is 0.255 e. The molecule has 5 rings (SSSR count). The summed E-state index contributed by atoms with van der Waals surface area (Å²) in [6.07, 6.45) is 2.87. The third-order valence-corrected chi connectivity index (χ3v) is 6.35. The molecule has 1 amide bonds. The number of rotatable bonds is 5. The minimum atomic E-state index is -0.647. The number of amides is 1. The SMILES string of the molecule is CN(C)[C@H]1CCN(c2cnc3cc(NC(=O)c4ccc(-c5cc(F)cc(F)c5)cc4)ccc3n2)C1. The van der Waals surface area contributed by atoms with Crippen LogP contribution in [0.5, 0.6) is 0 Å². The molecule has 1 saturated heterocycles. The Morgan fingerprint density at radius 2 is 1.71 bits per heavy atom. The molecule has 0 bridgehead atoms. The average molecular weight is 474 g/mol. The van der Waals surface area contributed by atoms with Crippen LogP contribution in [0.15, 0.2) is 66.9 Å². The molecule has 0 unspecified atom stereocenters. The van der Waals surface area contributed by atoms with Gasteiger partial charge in [-0.25, -0.2) is 13.8 Å². The van der Waals surface area contributed by atoms with E-state index in [-0.39, 0.29) is 5.91 Å². The summed E-state index contributed by atoms with van der Waals surface area (Å²) in [6.45, 7) is 1.87. The average Bonchev–Trinajstić information content (AvgIpc) is 3.34. The van der Waals surface area contributed by atoms with Gasteiger partial charge >= 0.3 is 0 Å². The van der Waals surface area contributed by atoms with Gasteiger partial charge in [-0.1, -0.05) is 12.1 Å². The number of carbonyl (C=O) groups is 1. The first-order valence-corrected chi connectivity index (χ1v) is 11.4. The van der Waals surface area contributed by atoms with E-state index in [0.29, 0.717) is 33.9 Å². The van der Waals surface area contributed by atoms with Gasteiger partial charge in [0.1, 0.15) is 17.5 Å². The molecule has 0 spiro atoms. The van der Waals surface area contributed by atoms with Crippen molar-refractivity contribution in [3.8, 4) is 11.1 Å². The lowest BCUT2D eigenvalue weighted by Gasteiger charge is -2.21. The zero-order valence-electron chi connectivity index (χ0n) is 19.5. The number of hydrogen-bond acceptors (Lipinski definition) is 5. The van der Waals surface area contributed by atoms with Gasteiger partial charge in [0.15, 0.2) is 0 Å². The molecular formula is C27H25F2N5O. The van der Waals surface area contributed by atoms with Crippen LogP contribution in [0.2, 0.25) is 0 Å². The third kappa shape index (κ3) is 4.97. The summed E-state index contributed by atoms with van der Waals surface area (Å²) in [5, 5.41) is 2.87. The minimum absolute atomic E-state index is 0.294. The quantitative estimate of drug-likeness (QED) is 0.444. The molecule has 35 heavy (non-hydrogen) atoms. The van der Waals surface area contributed by atoms with Gasteiger partial charge in [-0.3, -0.25) is 9.78 Å². The molecule has 0 saturated carbocycles. The molecule has 1 aliphatic rings. The summed E-state index contributed by atoms with van der Waals surface area (Å²) in [5.41, 5.74) is 3.52. The first kappa shape index (κ1) is 22.9. The predicted molar refractivity (Wildman–Crippen MR) is 134 cm³/mol. The Morgan fingerprint density at radius 1 is 0.971 bits per heavy atom. The van der Waals surface area contributed by atoms with Gasteiger partial charge in [0.25, 0.3) is 5.91 Å². The third-order valence-electron chi connectivity index (χ3n) is 6.35. The number of aromatic nitrogens is 2. The van der Waals surface area contributed by atoms with Gasteiger partial charge in [0.05, 0.1) is 17.2 Å². The zero-order chi connectivity index (χ0) is 24.5. The van der Waals surface area contributed by atoms with Gasteiger partial charge in [-0.05, 0) is 74.1 Å². The highest BCUT2D eigenvalue weighted by atomic mass is 19.1. The van der Waals surface area contributed by atoms with E-state index in [1.807, 2.05) is 6.07 Å². The second kappa shape index (κ2) is 9.38. The number of carbonyl (C=O) groups excluding carboxylic acids is 1. The summed E-state index contributed by atoms with van der Waals surface area (Å²) in [5.74, 6) is -0.729. The Morgan fingerprint density at radius 3 is 2.40 bits per heavy atom. The molecule has 0 radical (unpaired) electrons. The number of nitrogens with one attached hydrogen (secondary N) is 1. The normalized spacial score (nSPS) is 15.7. The first-order valence-electron chi connectivity index (χ1n) is 11.4. The van der Waals surface area contributed by atoms with Crippen molar-refractivity contribution < 1.29 is 13.6 Å². The Bertz CT molecular complexity index is 1370. The van der Waals surface area contributed by atoms with Crippen LogP contribution in [0.1, 0.15) is 16.8 Å². The summed E-state index contributed by atoms with van der Waals surface area (Å²) >= 11 is 0. The van der Waals surface area contributed by atoms with Crippen molar-refractivity contribution in [1.82, 2.24) is 14.9 Å². The summed E-state index contributed by atoms with van der Waals surface area (Å²) in [7, 11) is 4.19. The topological polar surface area (TPSA) is 61.4 Å². The fraction of sp³-hybridized carbons (Fsp3) is 0.222. The molecular weight excluding hydrogens is 448 g/mol. The van der Waals surface area contributed by atoms with E-state index < -0.39 is 11.6 Å². The minimum Gasteiger partial charge on any atom is -0.354 e. The Balaban J connectivity index is 1.29. The highest BCUT2D eigenvalue weighted by Crippen LogP contribution is 2.25. The maximum atomic E-state index is 13.5. The maximum absolute atomic E-state index is 13.5. The lowest BCUT2D eigenvalue weighted by atomic mass is 10.0. The Labute approximate surface area is 202 Å². The molecule has 0 aliphatic carbocycles. The lowest BCUT2D eigenvalue weighted by Crippen LogP contribution is -2.31. The largest absolute Gasteiger partial charge is 0.354 e. The smallest absolute Gasteiger partial charge is 0.255 e. The number of fused-ring (bicyclic) bond motifs is 1. The second-order valence-electron chi connectivity index (χ2n) is 8.97. The standard InChI is InChI=1S/C27H25F2N5O/c1-33(2)23-9-10-34(16-23)26-15-30-25-14-22(7-8-24(25)32-26)31-27(35)18-5-3-17(4-6-18)19-11-20(28)13-21(29)12-19/h3-8,11-15,23H,9-10,16H2,1-2H3,(H,31,35)/t23-/m0/s1. The van der Waals surface area contributed by atoms with E-state index in [9.17, 15) is 13.6 Å². The van der Waals surface area contributed by atoms with Gasteiger partial charge in [-0.15, -0.1) is 0 Å². The highest BCUT2D eigenvalue weighted by Gasteiger charge is 2.25. The van der Waals surface area contributed by atoms with Crippen molar-refractivity contribution in [3.63, 3.8) is 0 Å². The van der Waals surface area contributed by atoms with E-state index in [1.54, 1.807) is 42.6 Å². The van der Waals surface area contributed by atoms with E-state index in [2.05, 4.69) is 34.2 Å². The fourth-order valence-corrected chi connectivity index (χ4v) is 4.34. The van der Waals surface area contributed by atoms with Gasteiger partial charge < -0.3 is 15.1 Å². The fourth-order valence-electron chi connectivity index (χ4n) is 4.34. The molecule has 178 valence electrons. The van der Waals surface area contributed by atoms with E-state index in [1.165, 1.54) is 12.1 Å². The summed E-state index contributed by atoms with van der Waals surface area (Å²) < 4.78 is 27.0. The van der Waals surface area contributed by atoms with E-state index in [0.717, 1.165) is 36.9 Å². The number of hydrogen-bond donors (Lipinski definition) is 1. The van der Waals surface area contributed by atoms with Crippen LogP contribution in [-0.4, -0.2) is 54.0 Å². The number of anilines is 2. The van der Waals surface area contributed by atoms with Crippen LogP contribution in [0, 0.1) is 11.6 Å². The number of nitrogens with zero attached hydrogens (tertiary/aromatic N) is 4. The molecule has 1 aromatic heterocycles. The first-order chi connectivity index (χ1) is 16.9. The Hall–Kier alpha value is -3.91. The number of likely N-dealkylation sites (N-methyl/N-ethyl adjacent to an activating group) is 1. The van der Waals surface area contributed by atoms with Crippen molar-refractivity contribution in [3.05, 3.63) is 84.1 Å². The number of benzene rings is 3. The molecule has 2 heterocycles. The Kier molecular flexibility index (Phi) is 6.13. The van der Waals surface area contributed by atoms with Crippen molar-refractivity contribution in [2.45, 2.75) is 12.5 Å². The van der Waals surface area contributed by atoms with Crippen molar-refractivity contribution >= 4 is 28.4 Å². The van der Waals surface area contributed by atoms with E-state index in [4.69, 9.17) is 4.98 Å². The van der Waals surface area contributed by atoms with E-state index >= 15 is 0 Å². The molecule has 1 fully saturated rings. The predicted octanol–water partition coefficient (Wildman–Crippen LogP) is 4.97. The second-order valence-corrected chi connectivity index (χ2v) is 8.97. The lowest BCUT2D eigenvalue weighted by molar-refractivity contribution is 0.102. The van der Waals surface area contributed by atoms with Crippen LogP contribution in [-0.2, 0) is 0 Å². The summed E-state index contributed by atoms with van der Waals surface area (Å²) in [4.78, 5) is 26.5. The van der Waals surface area contributed by atoms with Gasteiger partial charge in [0.2, 0.25) is 0 Å². The molecule has 1 aliphatic heterocycles. The number of halogens is 2. The van der Waals surface area contributed by atoms with Crippen LogP contribution >= 0.6 is 0 Å². The molecule has 4 aromatic rings. The van der Waals surface area contributed by atoms with Crippen LogP contribution < -0.4 is 10.2 Å². The van der Waals surface area contributed by atoms with Crippen molar-refractivity contribution in [2.75, 3.05) is 37.4 Å². The highest BCUT2D eigenvalue weighted by molar-refractivity contribution is 6.05. The summed E-state index contributed by atoms with van der Waals surface area (Å²) in [6, 6.07) is 15.9. The zero-order valence-corrected chi connectivity index (χ0v) is 19.5. The van der Waals surface area contributed by atoms with Gasteiger partial charge in [0, 0.05) is 36.4 Å². The molecule has 3 aromatic carbocycles. The molecule has 1 atom stereocenters. The van der Waals surface area contributed by atoms with Crippen LogP contribution in [0.3, 0.4) is 0 Å². The van der Waals surface area contributed by atoms with Crippen LogP contribution in [0.4, 0.5) is 20.3 Å². The molecule has 1 N–H and O–H groups in total. The molecule has 6 nitrogen and oxygen atoms in total. The van der Waals surface area contributed by atoms with Crippen molar-refractivity contribution in [1.29, 1.82) is 0 Å². The van der Waals surface area contributed by atoms with Crippen LogP contribution in [0.25, 0.3) is 22.2 Å². The molecule has 8 heteroatoms. The monoisotopic (exact) mass is 473 g/mol. The van der Waals surface area contributed by atoms with Crippen molar-refractivity contribution in [2.24, 2.45) is 0 Å².